The molecule has 224 valence electrons. The van der Waals surface area contributed by atoms with Crippen LogP contribution < -0.4 is 30.7 Å². The Morgan fingerprint density at radius 1 is 0.591 bits per heavy atom. The van der Waals surface area contributed by atoms with E-state index in [1.807, 2.05) is 12.1 Å². The Hall–Kier alpha value is -4.98. The van der Waals surface area contributed by atoms with Gasteiger partial charge in [-0.3, -0.25) is 0 Å². The van der Waals surface area contributed by atoms with Crippen molar-refractivity contribution in [1.29, 1.82) is 0 Å². The van der Waals surface area contributed by atoms with Crippen molar-refractivity contribution in [1.82, 2.24) is 10.6 Å². The quantitative estimate of drug-likeness (QED) is 0.218. The van der Waals surface area contributed by atoms with Crippen molar-refractivity contribution in [2.45, 2.75) is 50.9 Å². The molecule has 0 spiro atoms. The lowest BCUT2D eigenvalue weighted by atomic mass is 10.1. The minimum Gasteiger partial charge on any atom is -0.493 e. The van der Waals surface area contributed by atoms with Gasteiger partial charge in [-0.15, -0.1) is 0 Å². The highest BCUT2D eigenvalue weighted by atomic mass is 16.5. The molecular weight excluding hydrogens is 548 g/mol. The van der Waals surface area contributed by atoms with E-state index < -0.39 is 0 Å². The molecule has 0 saturated carbocycles. The Morgan fingerprint density at radius 2 is 1.09 bits per heavy atom. The number of rotatable bonds is 4. The summed E-state index contributed by atoms with van der Waals surface area (Å²) in [5, 5.41) is 13.9. The first kappa shape index (κ1) is 27.8. The minimum atomic E-state index is 0.314. The Labute approximate surface area is 258 Å². The number of hydrogen-bond acceptors (Lipinski definition) is 8. The first-order chi connectivity index (χ1) is 21.7. The maximum absolute atomic E-state index is 5.39. The number of methoxy groups -OCH3 is 2. The van der Waals surface area contributed by atoms with Crippen molar-refractivity contribution in [2.24, 2.45) is 9.98 Å². The van der Waals surface area contributed by atoms with Gasteiger partial charge in [0.2, 0.25) is 0 Å². The van der Waals surface area contributed by atoms with Gasteiger partial charge in [0, 0.05) is 23.0 Å². The smallest absolute Gasteiger partial charge is 0.196 e. The predicted molar refractivity (Wildman–Crippen MR) is 177 cm³/mol. The number of fused-ring (bicyclic) bond motifs is 4. The third-order valence-electron chi connectivity index (χ3n) is 8.84. The van der Waals surface area contributed by atoms with Gasteiger partial charge < -0.3 is 30.7 Å². The molecule has 4 N–H and O–H groups in total. The largest absolute Gasteiger partial charge is 0.493 e. The summed E-state index contributed by atoms with van der Waals surface area (Å²) in [4.78, 5) is 9.24. The zero-order valence-corrected chi connectivity index (χ0v) is 25.2. The number of nitrogens with one attached hydrogen (secondary N) is 4. The van der Waals surface area contributed by atoms with Crippen LogP contribution in [-0.2, 0) is 25.9 Å². The van der Waals surface area contributed by atoms with E-state index >= 15 is 0 Å². The van der Waals surface area contributed by atoms with Crippen LogP contribution in [0, 0.1) is 0 Å². The second-order valence-electron chi connectivity index (χ2n) is 11.5. The van der Waals surface area contributed by atoms with Crippen LogP contribution in [0.15, 0.2) is 94.9 Å². The molecule has 0 radical (unpaired) electrons. The lowest BCUT2D eigenvalue weighted by Gasteiger charge is -2.24. The molecular formula is C36H38N6O2. The molecule has 0 bridgehead atoms. The summed E-state index contributed by atoms with van der Waals surface area (Å²) in [5.41, 5.74) is 10.2. The van der Waals surface area contributed by atoms with Crippen molar-refractivity contribution < 1.29 is 9.47 Å². The van der Waals surface area contributed by atoms with E-state index in [9.17, 15) is 0 Å². The highest BCUT2D eigenvalue weighted by Gasteiger charge is 2.25. The fourth-order valence-corrected chi connectivity index (χ4v) is 6.52. The lowest BCUT2D eigenvalue weighted by molar-refractivity contribution is 0.354. The summed E-state index contributed by atoms with van der Waals surface area (Å²) in [6, 6.07) is 30.3. The third kappa shape index (κ3) is 5.67. The van der Waals surface area contributed by atoms with Gasteiger partial charge in [-0.1, -0.05) is 66.7 Å². The van der Waals surface area contributed by atoms with Crippen LogP contribution >= 0.6 is 0 Å². The monoisotopic (exact) mass is 586 g/mol. The van der Waals surface area contributed by atoms with Gasteiger partial charge in [0.05, 0.1) is 39.4 Å². The summed E-state index contributed by atoms with van der Waals surface area (Å²) in [6.07, 6.45) is 4.50. The molecule has 44 heavy (non-hydrogen) atoms. The average Bonchev–Trinajstić information content (AvgIpc) is 3.68. The number of anilines is 2. The third-order valence-corrected chi connectivity index (χ3v) is 8.84. The summed E-state index contributed by atoms with van der Waals surface area (Å²) < 4.78 is 10.8. The van der Waals surface area contributed by atoms with E-state index in [1.165, 1.54) is 27.8 Å². The van der Waals surface area contributed by atoms with E-state index in [0.717, 1.165) is 72.6 Å². The van der Waals surface area contributed by atoms with Gasteiger partial charge in [0.25, 0.3) is 0 Å². The van der Waals surface area contributed by atoms with E-state index in [-0.39, 0.29) is 0 Å². The van der Waals surface area contributed by atoms with Gasteiger partial charge >= 0.3 is 0 Å². The normalized spacial score (nSPS) is 18.8. The van der Waals surface area contributed by atoms with Crippen molar-refractivity contribution in [3.63, 3.8) is 0 Å². The van der Waals surface area contributed by atoms with Crippen LogP contribution in [-0.4, -0.2) is 26.1 Å². The van der Waals surface area contributed by atoms with Crippen LogP contribution in [0.25, 0.3) is 0 Å². The minimum absolute atomic E-state index is 0.314. The van der Waals surface area contributed by atoms with Gasteiger partial charge in [-0.2, -0.15) is 0 Å². The SMILES string of the molecule is COc1cc2c(cc1OC)NC(NC1CCc3ccccc31)=NC2.c1ccc2c(c1)CN=C(N[C@H]1CCc3ccccc31)N2. The van der Waals surface area contributed by atoms with Crippen molar-refractivity contribution in [3.05, 3.63) is 118 Å². The van der Waals surface area contributed by atoms with Crippen molar-refractivity contribution in [3.8, 4) is 11.5 Å². The highest BCUT2D eigenvalue weighted by Crippen LogP contribution is 2.36. The summed E-state index contributed by atoms with van der Waals surface area (Å²) in [5.74, 6) is 3.16. The number of benzene rings is 4. The molecule has 8 heteroatoms. The van der Waals surface area contributed by atoms with Gasteiger partial charge in [-0.05, 0) is 65.6 Å². The molecule has 8 nitrogen and oxygen atoms in total. The van der Waals surface area contributed by atoms with Crippen LogP contribution in [0.4, 0.5) is 11.4 Å². The topological polar surface area (TPSA) is 91.3 Å². The van der Waals surface area contributed by atoms with Crippen LogP contribution in [0.2, 0.25) is 0 Å². The fourth-order valence-electron chi connectivity index (χ4n) is 6.52. The molecule has 2 aliphatic heterocycles. The van der Waals surface area contributed by atoms with Crippen LogP contribution in [0.1, 0.15) is 58.3 Å². The molecule has 0 fully saturated rings. The standard InChI is InChI=1S/C19H21N3O2.C17H17N3/c1-23-17-9-13-11-20-19(22-16(13)10-18(17)24-2)21-15-8-7-12-5-3-4-6-14(12)15;1-3-7-14-12(5-1)9-10-16(14)20-17-18-11-13-6-2-4-8-15(13)19-17/h3-6,9-10,15H,7-8,11H2,1-2H3,(H2,20,21,22);1-8,16H,9-11H2,(H2,18,19,20)/t;16-/m.0/s1. The summed E-state index contributed by atoms with van der Waals surface area (Å²) in [7, 11) is 3.30. The van der Waals surface area contributed by atoms with E-state index in [1.54, 1.807) is 14.2 Å². The zero-order chi connectivity index (χ0) is 29.9. The highest BCUT2D eigenvalue weighted by molar-refractivity contribution is 5.97. The molecule has 2 aliphatic carbocycles. The number of nitrogens with zero attached hydrogens (tertiary/aromatic N) is 2. The first-order valence-electron chi connectivity index (χ1n) is 15.3. The first-order valence-corrected chi connectivity index (χ1v) is 15.3. The second kappa shape index (κ2) is 12.3. The van der Waals surface area contributed by atoms with Gasteiger partial charge in [-0.25, -0.2) is 9.98 Å². The molecule has 8 rings (SSSR count). The lowest BCUT2D eigenvalue weighted by Crippen LogP contribution is -2.35. The molecule has 0 saturated heterocycles. The zero-order valence-electron chi connectivity index (χ0n) is 25.2. The number of para-hydroxylation sites is 1. The van der Waals surface area contributed by atoms with E-state index in [4.69, 9.17) is 9.47 Å². The Balaban J connectivity index is 0.000000144. The van der Waals surface area contributed by atoms with Crippen molar-refractivity contribution in [2.75, 3.05) is 24.9 Å². The van der Waals surface area contributed by atoms with E-state index in [0.29, 0.717) is 18.6 Å². The van der Waals surface area contributed by atoms with Crippen molar-refractivity contribution >= 4 is 23.3 Å². The average molecular weight is 587 g/mol. The Morgan fingerprint density at radius 3 is 1.70 bits per heavy atom. The van der Waals surface area contributed by atoms with Crippen LogP contribution in [0.5, 0.6) is 11.5 Å². The summed E-state index contributed by atoms with van der Waals surface area (Å²) >= 11 is 0. The Kier molecular flexibility index (Phi) is 7.80. The molecule has 0 aromatic heterocycles. The number of guanidine groups is 2. The van der Waals surface area contributed by atoms with Gasteiger partial charge in [0.1, 0.15) is 0 Å². The number of ether oxygens (including phenoxy) is 2. The summed E-state index contributed by atoms with van der Waals surface area (Å²) in [6.45, 7) is 1.37. The maximum Gasteiger partial charge on any atom is 0.196 e. The van der Waals surface area contributed by atoms with Crippen LogP contribution in [0.3, 0.4) is 0 Å². The second-order valence-corrected chi connectivity index (χ2v) is 11.5. The number of aryl methyl sites for hydroxylation is 2. The molecule has 2 heterocycles. The molecule has 4 aromatic rings. The number of hydrogen-bond donors (Lipinski definition) is 4. The molecule has 1 unspecified atom stereocenters. The van der Waals surface area contributed by atoms with E-state index in [2.05, 4.69) is 104 Å². The van der Waals surface area contributed by atoms with Gasteiger partial charge in [0.15, 0.2) is 23.4 Å². The molecule has 4 aromatic carbocycles. The Bertz CT molecular complexity index is 1730. The number of aliphatic imine (C=N–C) groups is 2. The molecule has 2 atom stereocenters. The molecule has 4 aliphatic rings. The molecule has 0 amide bonds. The fraction of sp³-hybridized carbons (Fsp3) is 0.278. The maximum atomic E-state index is 5.39. The predicted octanol–water partition coefficient (Wildman–Crippen LogP) is 6.51.